The summed E-state index contributed by atoms with van der Waals surface area (Å²) in [5, 5.41) is 10.9. The first-order valence-electron chi connectivity index (χ1n) is 14.0. The van der Waals surface area contributed by atoms with E-state index in [-0.39, 0.29) is 44.5 Å². The van der Waals surface area contributed by atoms with Crippen LogP contribution in [0.1, 0.15) is 113 Å². The van der Waals surface area contributed by atoms with Crippen LogP contribution in [0.5, 0.6) is 0 Å². The van der Waals surface area contributed by atoms with Crippen LogP contribution < -0.4 is 0 Å². The molecule has 9 atom stereocenters. The summed E-state index contributed by atoms with van der Waals surface area (Å²) in [5.74, 6) is 1.37. The summed E-state index contributed by atoms with van der Waals surface area (Å²) in [6.45, 7) is 18.1. The van der Waals surface area contributed by atoms with Crippen molar-refractivity contribution in [3.63, 3.8) is 0 Å². The van der Waals surface area contributed by atoms with Crippen LogP contribution in [0.25, 0.3) is 0 Å². The maximum Gasteiger partial charge on any atom is 0.159 e. The predicted molar refractivity (Wildman–Crippen MR) is 136 cm³/mol. The van der Waals surface area contributed by atoms with Crippen LogP contribution in [0, 0.1) is 50.2 Å². The third-order valence-corrected chi connectivity index (χ3v) is 13.4. The molecule has 0 aliphatic heterocycles. The molecule has 3 nitrogen and oxygen atoms in total. The molecule has 3 heteroatoms. The lowest BCUT2D eigenvalue weighted by atomic mass is 9.33. The zero-order valence-corrected chi connectivity index (χ0v) is 23.0. The fourth-order valence-corrected chi connectivity index (χ4v) is 10.5. The van der Waals surface area contributed by atoms with Crippen LogP contribution in [0.3, 0.4) is 0 Å². The minimum atomic E-state index is -0.280. The first-order chi connectivity index (χ1) is 15.6. The SMILES string of the molecule is CC(=O)[C@@]1(C)CC[C@@]2(C)CC[C@@]3(C)C(=CC(=O)[C@H]4[C@]5(C)CC[C@H](O)C(C)(C)[C@H]5CC[C@@]43C)[C@H]2C1. The van der Waals surface area contributed by atoms with Gasteiger partial charge >= 0.3 is 0 Å². The molecule has 0 radical (unpaired) electrons. The van der Waals surface area contributed by atoms with Crippen molar-refractivity contribution < 1.29 is 14.7 Å². The Morgan fingerprint density at radius 3 is 2.21 bits per heavy atom. The van der Waals surface area contributed by atoms with Gasteiger partial charge in [0.2, 0.25) is 0 Å². The van der Waals surface area contributed by atoms with Crippen molar-refractivity contribution in [2.75, 3.05) is 0 Å². The highest BCUT2D eigenvalue weighted by molar-refractivity contribution is 5.95. The monoisotopic (exact) mass is 468 g/mol. The highest BCUT2D eigenvalue weighted by Crippen LogP contribution is 2.75. The predicted octanol–water partition coefficient (Wildman–Crippen LogP) is 6.92. The second-order valence-electron chi connectivity index (χ2n) is 15.2. The quantitative estimate of drug-likeness (QED) is 0.454. The van der Waals surface area contributed by atoms with E-state index in [1.807, 2.05) is 0 Å². The van der Waals surface area contributed by atoms with Crippen molar-refractivity contribution in [1.29, 1.82) is 0 Å². The topological polar surface area (TPSA) is 54.4 Å². The summed E-state index contributed by atoms with van der Waals surface area (Å²) < 4.78 is 0. The van der Waals surface area contributed by atoms with E-state index in [9.17, 15) is 14.7 Å². The second kappa shape index (κ2) is 7.08. The zero-order valence-electron chi connectivity index (χ0n) is 23.0. The first-order valence-corrected chi connectivity index (χ1v) is 14.0. The van der Waals surface area contributed by atoms with E-state index in [1.165, 1.54) is 12.0 Å². The molecule has 0 spiro atoms. The third kappa shape index (κ3) is 2.86. The molecule has 190 valence electrons. The number of hydrogen-bond donors (Lipinski definition) is 1. The minimum Gasteiger partial charge on any atom is -0.393 e. The molecule has 4 saturated carbocycles. The number of carbonyl (C=O) groups excluding carboxylic acids is 2. The fourth-order valence-electron chi connectivity index (χ4n) is 10.5. The number of carbonyl (C=O) groups is 2. The summed E-state index contributed by atoms with van der Waals surface area (Å²) in [7, 11) is 0. The highest BCUT2D eigenvalue weighted by atomic mass is 16.3. The Morgan fingerprint density at radius 2 is 1.56 bits per heavy atom. The molecule has 5 aliphatic rings. The van der Waals surface area contributed by atoms with E-state index in [0.29, 0.717) is 23.4 Å². The second-order valence-corrected chi connectivity index (χ2v) is 15.2. The van der Waals surface area contributed by atoms with Crippen molar-refractivity contribution in [1.82, 2.24) is 0 Å². The van der Waals surface area contributed by atoms with Gasteiger partial charge in [-0.15, -0.1) is 0 Å². The summed E-state index contributed by atoms with van der Waals surface area (Å²) in [5.41, 5.74) is 1.02. The van der Waals surface area contributed by atoms with Gasteiger partial charge in [0.1, 0.15) is 5.78 Å². The molecule has 0 amide bonds. The minimum absolute atomic E-state index is 0.00101. The summed E-state index contributed by atoms with van der Waals surface area (Å²) in [4.78, 5) is 26.9. The van der Waals surface area contributed by atoms with Gasteiger partial charge in [0.05, 0.1) is 6.10 Å². The number of hydrogen-bond acceptors (Lipinski definition) is 3. The molecule has 0 unspecified atom stereocenters. The standard InChI is InChI=1S/C31H48O3/c1-19(32)28(5)14-13-27(4)15-16-30(7)20(21(27)18-28)17-22(33)25-29(6)11-10-24(34)26(2,3)23(29)9-12-31(25,30)8/h17,21,23-25,34H,9-16,18H2,1-8H3/t21-,23-,24+,25+,27+,28+,29-,30+,31+/m1/s1. The van der Waals surface area contributed by atoms with Crippen molar-refractivity contribution in [3.05, 3.63) is 11.6 Å². The Labute approximate surface area is 207 Å². The molecule has 0 heterocycles. The van der Waals surface area contributed by atoms with Gasteiger partial charge in [0.25, 0.3) is 0 Å². The van der Waals surface area contributed by atoms with Crippen molar-refractivity contribution in [2.45, 2.75) is 119 Å². The van der Waals surface area contributed by atoms with Crippen molar-refractivity contribution in [2.24, 2.45) is 50.2 Å². The normalized spacial score (nSPS) is 54.1. The maximum absolute atomic E-state index is 14.3. The smallest absolute Gasteiger partial charge is 0.159 e. The molecule has 0 aromatic rings. The summed E-state index contributed by atoms with van der Waals surface area (Å²) in [6, 6.07) is 0. The molecule has 0 aromatic heterocycles. The van der Waals surface area contributed by atoms with Gasteiger partial charge in [-0.3, -0.25) is 9.59 Å². The maximum atomic E-state index is 14.3. The lowest BCUT2D eigenvalue weighted by Gasteiger charge is -2.70. The number of allylic oxidation sites excluding steroid dienone is 2. The van der Waals surface area contributed by atoms with E-state index in [1.54, 1.807) is 6.92 Å². The number of aliphatic hydroxyl groups is 1. The number of fused-ring (bicyclic) bond motifs is 7. The molecule has 4 fully saturated rings. The van der Waals surface area contributed by atoms with Crippen LogP contribution in [-0.4, -0.2) is 22.8 Å². The van der Waals surface area contributed by atoms with Crippen molar-refractivity contribution in [3.8, 4) is 0 Å². The molecule has 0 aromatic carbocycles. The van der Waals surface area contributed by atoms with Crippen LogP contribution in [0.2, 0.25) is 0 Å². The molecule has 5 aliphatic carbocycles. The molecule has 1 N–H and O–H groups in total. The number of rotatable bonds is 1. The van der Waals surface area contributed by atoms with E-state index >= 15 is 0 Å². The Balaban J connectivity index is 1.62. The molecular weight excluding hydrogens is 420 g/mol. The number of ketones is 2. The van der Waals surface area contributed by atoms with Gasteiger partial charge < -0.3 is 5.11 Å². The van der Waals surface area contributed by atoms with Gasteiger partial charge in [-0.25, -0.2) is 0 Å². The zero-order chi connectivity index (χ0) is 25.1. The highest BCUT2D eigenvalue weighted by Gasteiger charge is 2.70. The van der Waals surface area contributed by atoms with E-state index in [2.05, 4.69) is 54.5 Å². The van der Waals surface area contributed by atoms with Gasteiger partial charge in [0.15, 0.2) is 5.78 Å². The fraction of sp³-hybridized carbons (Fsp3) is 0.871. The average molecular weight is 469 g/mol. The number of aliphatic hydroxyl groups excluding tert-OH is 1. The Kier molecular flexibility index (Phi) is 5.15. The van der Waals surface area contributed by atoms with Gasteiger partial charge in [-0.2, -0.15) is 0 Å². The van der Waals surface area contributed by atoms with E-state index in [4.69, 9.17) is 0 Å². The first kappa shape index (κ1) is 24.7. The average Bonchev–Trinajstić information content (AvgIpc) is 2.73. The molecule has 0 saturated heterocycles. The lowest BCUT2D eigenvalue weighted by Crippen LogP contribution is -2.66. The van der Waals surface area contributed by atoms with Gasteiger partial charge in [0, 0.05) is 11.3 Å². The summed E-state index contributed by atoms with van der Waals surface area (Å²) in [6.07, 6.45) is 11.0. The van der Waals surface area contributed by atoms with E-state index < -0.39 is 0 Å². The van der Waals surface area contributed by atoms with Crippen LogP contribution in [0.15, 0.2) is 11.6 Å². The van der Waals surface area contributed by atoms with Gasteiger partial charge in [-0.1, -0.05) is 54.0 Å². The third-order valence-electron chi connectivity index (χ3n) is 13.4. The van der Waals surface area contributed by atoms with Gasteiger partial charge in [-0.05, 0) is 110 Å². The molecule has 34 heavy (non-hydrogen) atoms. The largest absolute Gasteiger partial charge is 0.393 e. The molecule has 5 rings (SSSR count). The Bertz CT molecular complexity index is 962. The van der Waals surface area contributed by atoms with Crippen molar-refractivity contribution >= 4 is 11.6 Å². The Hall–Kier alpha value is -0.960. The van der Waals surface area contributed by atoms with Crippen LogP contribution >= 0.6 is 0 Å². The molecular formula is C31H48O3. The van der Waals surface area contributed by atoms with Crippen LogP contribution in [0.4, 0.5) is 0 Å². The summed E-state index contributed by atoms with van der Waals surface area (Å²) >= 11 is 0. The number of Topliss-reactive ketones (excluding diaryl/α,β-unsaturated/α-hetero) is 1. The van der Waals surface area contributed by atoms with Crippen LogP contribution in [-0.2, 0) is 9.59 Å². The Morgan fingerprint density at radius 1 is 0.912 bits per heavy atom. The molecule has 0 bridgehead atoms. The lowest BCUT2D eigenvalue weighted by molar-refractivity contribution is -0.202. The van der Waals surface area contributed by atoms with E-state index in [0.717, 1.165) is 51.4 Å².